The number of aromatic nitrogens is 5. The molecule has 2 aromatic heterocycles. The van der Waals surface area contributed by atoms with Crippen molar-refractivity contribution in [2.24, 2.45) is 13.0 Å². The van der Waals surface area contributed by atoms with Crippen molar-refractivity contribution >= 4 is 28.2 Å². The highest BCUT2D eigenvalue weighted by molar-refractivity contribution is 6.31. The Kier molecular flexibility index (Phi) is 9.29. The number of nitrogens with zero attached hydrogens (tertiary/aromatic N) is 5. The fraction of sp³-hybridized carbons (Fsp3) is 0.261. The number of aryl methyl sites for hydroxylation is 2. The van der Waals surface area contributed by atoms with Crippen molar-refractivity contribution in [2.75, 3.05) is 21.3 Å². The van der Waals surface area contributed by atoms with Gasteiger partial charge >= 0.3 is 11.4 Å². The molecule has 14 heteroatoms. The second kappa shape index (κ2) is 14.6. The first-order chi connectivity index (χ1) is 29.0. The quantitative estimate of drug-likeness (QED) is 0.206. The molecule has 1 fully saturated rings. The molecule has 0 radical (unpaired) electrons. The third-order valence-electron chi connectivity index (χ3n) is 12.5. The van der Waals surface area contributed by atoms with Gasteiger partial charge in [-0.15, -0.1) is 0 Å². The number of hydrogen-bond donors (Lipinski definition) is 1. The van der Waals surface area contributed by atoms with E-state index in [-0.39, 0.29) is 54.5 Å². The van der Waals surface area contributed by atoms with Gasteiger partial charge in [-0.05, 0) is 41.3 Å². The number of hydrogen-bond acceptors (Lipinski definition) is 10. The number of ether oxygens (including phenoxy) is 3. The summed E-state index contributed by atoms with van der Waals surface area (Å²) in [6, 6.07) is 25.3. The SMILES string of the molecule is COc1cc2nc(CCn3c(=O)n4n(c3=O)[C@@H]3C[C@H]5C(=O)C(c6ccccc6)=CC(=O)[C@@]5(c5ccccc5)[C@@H](c5c(O)cccc5OC)C3=CC4)c(=O)n(C)c2cc1OC. The summed E-state index contributed by atoms with van der Waals surface area (Å²) in [5, 5.41) is 11.7. The Balaban J connectivity index is 1.21. The van der Waals surface area contributed by atoms with Gasteiger partial charge in [0.1, 0.15) is 17.2 Å². The zero-order valence-corrected chi connectivity index (χ0v) is 33.3. The Morgan fingerprint density at radius 3 is 2.20 bits per heavy atom. The maximum absolute atomic E-state index is 15.3. The lowest BCUT2D eigenvalue weighted by Crippen LogP contribution is -2.58. The van der Waals surface area contributed by atoms with Gasteiger partial charge in [0.15, 0.2) is 23.1 Å². The first-order valence-electron chi connectivity index (χ1n) is 19.6. The predicted octanol–water partition coefficient (Wildman–Crippen LogP) is 4.49. The van der Waals surface area contributed by atoms with Crippen LogP contribution < -0.4 is 31.1 Å². The summed E-state index contributed by atoms with van der Waals surface area (Å²) >= 11 is 0. The number of phenols is 1. The van der Waals surface area contributed by atoms with Crippen LogP contribution in [0.5, 0.6) is 23.0 Å². The first-order valence-corrected chi connectivity index (χ1v) is 19.6. The van der Waals surface area contributed by atoms with Crippen LogP contribution in [0.3, 0.4) is 0 Å². The van der Waals surface area contributed by atoms with E-state index >= 15 is 9.59 Å². The number of carbonyl (C=O) groups is 2. The number of fused-ring (bicyclic) bond motifs is 5. The van der Waals surface area contributed by atoms with E-state index in [4.69, 9.17) is 14.2 Å². The van der Waals surface area contributed by atoms with Crippen LogP contribution in [0.25, 0.3) is 16.6 Å². The largest absolute Gasteiger partial charge is 0.508 e. The summed E-state index contributed by atoms with van der Waals surface area (Å²) in [6.07, 6.45) is 3.18. The normalized spacial score (nSPS) is 20.8. The van der Waals surface area contributed by atoms with Crippen LogP contribution in [0, 0.1) is 5.92 Å². The van der Waals surface area contributed by atoms with E-state index in [1.54, 1.807) is 55.6 Å². The number of carbonyl (C=O) groups excluding carboxylic acids is 2. The highest BCUT2D eigenvalue weighted by Gasteiger charge is 2.64. The molecular weight excluding hydrogens is 767 g/mol. The molecule has 1 aliphatic heterocycles. The summed E-state index contributed by atoms with van der Waals surface area (Å²) in [7, 11) is 6.07. The number of rotatable bonds is 9. The van der Waals surface area contributed by atoms with E-state index in [1.165, 1.54) is 47.4 Å². The van der Waals surface area contributed by atoms with Gasteiger partial charge in [-0.25, -0.2) is 28.5 Å². The van der Waals surface area contributed by atoms with Crippen LogP contribution in [0.15, 0.2) is 123 Å². The van der Waals surface area contributed by atoms with Crippen molar-refractivity contribution in [2.45, 2.75) is 43.3 Å². The average molecular weight is 808 g/mol. The Hall–Kier alpha value is -7.22. The maximum atomic E-state index is 15.3. The van der Waals surface area contributed by atoms with Gasteiger partial charge in [-0.2, -0.15) is 0 Å². The molecule has 4 atom stereocenters. The zero-order chi connectivity index (χ0) is 42.0. The third-order valence-corrected chi connectivity index (χ3v) is 12.5. The molecule has 0 amide bonds. The molecule has 9 rings (SSSR count). The first kappa shape index (κ1) is 38.3. The van der Waals surface area contributed by atoms with Crippen LogP contribution in [0.4, 0.5) is 0 Å². The summed E-state index contributed by atoms with van der Waals surface area (Å²) in [5.41, 5.74) is 0.142. The van der Waals surface area contributed by atoms with Crippen molar-refractivity contribution < 1.29 is 28.9 Å². The monoisotopic (exact) mass is 807 g/mol. The molecule has 4 aromatic carbocycles. The van der Waals surface area contributed by atoms with Crippen LogP contribution >= 0.6 is 0 Å². The van der Waals surface area contributed by atoms with Crippen LogP contribution in [0.2, 0.25) is 0 Å². The highest BCUT2D eigenvalue weighted by atomic mass is 16.5. The van der Waals surface area contributed by atoms with Crippen molar-refractivity contribution in [3.8, 4) is 23.0 Å². The standard InChI is InChI=1S/C46H41N5O9/c1-48-34-25-38(60-4)37(59-3)24-32(34)47-31(43(48)55)19-20-49-44(56)50-21-18-28-33(51(50)45(49)57)23-30-42(54)29(26-12-7-5-8-13-26)22-39(53)46(30,27-14-9-6-10-15-27)41(28)40-35(52)16-11-17-36(40)58-2/h5-18,22,24-25,30,33,41,52H,19-21,23H2,1-4H3/t30-,33+,41+,46-/m0/s1. The van der Waals surface area contributed by atoms with Gasteiger partial charge < -0.3 is 23.9 Å². The van der Waals surface area contributed by atoms with Crippen molar-refractivity contribution in [3.05, 3.63) is 162 Å². The molecule has 1 N–H and O–H groups in total. The van der Waals surface area contributed by atoms with Crippen molar-refractivity contribution in [3.63, 3.8) is 0 Å². The molecule has 2 aliphatic carbocycles. The van der Waals surface area contributed by atoms with Gasteiger partial charge in [-0.1, -0.05) is 72.8 Å². The predicted molar refractivity (Wildman–Crippen MR) is 222 cm³/mol. The van der Waals surface area contributed by atoms with Crippen molar-refractivity contribution in [1.82, 2.24) is 23.5 Å². The zero-order valence-electron chi connectivity index (χ0n) is 33.3. The fourth-order valence-corrected chi connectivity index (χ4v) is 9.78. The summed E-state index contributed by atoms with van der Waals surface area (Å²) in [6.45, 7) is -0.208. The van der Waals surface area contributed by atoms with Gasteiger partial charge in [0.25, 0.3) is 5.56 Å². The van der Waals surface area contributed by atoms with E-state index in [2.05, 4.69) is 4.98 Å². The number of allylic oxidation sites excluding steroid dienone is 4. The van der Waals surface area contributed by atoms with E-state index < -0.39 is 40.2 Å². The Labute approximate surface area is 342 Å². The lowest BCUT2D eigenvalue weighted by molar-refractivity contribution is -0.133. The van der Waals surface area contributed by atoms with Crippen LogP contribution in [-0.4, -0.2) is 61.5 Å². The second-order valence-corrected chi connectivity index (χ2v) is 15.2. The number of methoxy groups -OCH3 is 3. The molecule has 3 aliphatic rings. The molecule has 0 bridgehead atoms. The number of ketones is 2. The minimum Gasteiger partial charge on any atom is -0.508 e. The lowest BCUT2D eigenvalue weighted by atomic mass is 9.47. The summed E-state index contributed by atoms with van der Waals surface area (Å²) < 4.78 is 21.9. The average Bonchev–Trinajstić information content (AvgIpc) is 3.52. The molecule has 0 spiro atoms. The highest BCUT2D eigenvalue weighted by Crippen LogP contribution is 2.63. The molecule has 14 nitrogen and oxygen atoms in total. The summed E-state index contributed by atoms with van der Waals surface area (Å²) in [4.78, 5) is 77.6. The molecule has 60 heavy (non-hydrogen) atoms. The van der Waals surface area contributed by atoms with Crippen LogP contribution in [0.1, 0.15) is 40.8 Å². The van der Waals surface area contributed by atoms with Gasteiger partial charge in [0, 0.05) is 55.1 Å². The fourth-order valence-electron chi connectivity index (χ4n) is 9.78. The number of aromatic hydroxyl groups is 1. The Morgan fingerprint density at radius 2 is 1.50 bits per heavy atom. The van der Waals surface area contributed by atoms with Gasteiger partial charge in [0.2, 0.25) is 0 Å². The van der Waals surface area contributed by atoms with E-state index in [0.717, 1.165) is 4.57 Å². The molecular formula is C46H41N5O9. The minimum atomic E-state index is -1.58. The van der Waals surface area contributed by atoms with Crippen molar-refractivity contribution in [1.29, 1.82) is 0 Å². The van der Waals surface area contributed by atoms with E-state index in [9.17, 15) is 19.5 Å². The molecule has 0 saturated heterocycles. The number of phenolic OH excluding ortho intramolecular Hbond substituents is 1. The third kappa shape index (κ3) is 5.53. The molecule has 0 unspecified atom stereocenters. The Bertz CT molecular complexity index is 2990. The Morgan fingerprint density at radius 1 is 0.817 bits per heavy atom. The number of Topliss-reactive ketones (excluding diaryl/α,β-unsaturated/α-hetero) is 1. The molecule has 304 valence electrons. The molecule has 1 saturated carbocycles. The van der Waals surface area contributed by atoms with E-state index in [0.29, 0.717) is 50.5 Å². The lowest BCUT2D eigenvalue weighted by Gasteiger charge is -2.54. The second-order valence-electron chi connectivity index (χ2n) is 15.2. The molecule has 6 aromatic rings. The van der Waals surface area contributed by atoms with Gasteiger partial charge in [-0.3, -0.25) is 14.4 Å². The van der Waals surface area contributed by atoms with Gasteiger partial charge in [0.05, 0.1) is 50.4 Å². The van der Waals surface area contributed by atoms with E-state index in [1.807, 2.05) is 42.5 Å². The molecule has 3 heterocycles. The maximum Gasteiger partial charge on any atom is 0.347 e. The smallest absolute Gasteiger partial charge is 0.347 e. The number of benzene rings is 4. The minimum absolute atomic E-state index is 0.0106. The summed E-state index contributed by atoms with van der Waals surface area (Å²) in [5.74, 6) is -1.70. The topological polar surface area (TPSA) is 166 Å². The van der Waals surface area contributed by atoms with Crippen LogP contribution in [-0.2, 0) is 41.6 Å².